The van der Waals surface area contributed by atoms with Crippen LogP contribution in [0, 0.1) is 0 Å². The van der Waals surface area contributed by atoms with E-state index in [1.807, 2.05) is 37.1 Å². The van der Waals surface area contributed by atoms with Crippen LogP contribution in [0.15, 0.2) is 30.5 Å². The summed E-state index contributed by atoms with van der Waals surface area (Å²) in [4.78, 5) is 18.3. The predicted octanol–water partition coefficient (Wildman–Crippen LogP) is 4.09. The van der Waals surface area contributed by atoms with E-state index in [0.717, 1.165) is 42.4 Å². The van der Waals surface area contributed by atoms with E-state index in [4.69, 9.17) is 0 Å². The number of nitrogens with one attached hydrogen (secondary N) is 1. The summed E-state index contributed by atoms with van der Waals surface area (Å²) in [7, 11) is 0. The van der Waals surface area contributed by atoms with Crippen LogP contribution in [0.2, 0.25) is 0 Å². The van der Waals surface area contributed by atoms with Crippen molar-refractivity contribution in [2.45, 2.75) is 46.0 Å². The van der Waals surface area contributed by atoms with Gasteiger partial charge in [-0.25, -0.2) is 0 Å². The first kappa shape index (κ1) is 15.6. The Labute approximate surface area is 127 Å². The number of aromatic nitrogens is 1. The highest BCUT2D eigenvalue weighted by Gasteiger charge is 2.35. The molecule has 1 aromatic heterocycles. The highest BCUT2D eigenvalue weighted by molar-refractivity contribution is 5.94. The molecule has 3 nitrogen and oxygen atoms in total. The molecule has 0 unspecified atom stereocenters. The molecule has 1 N–H and O–H groups in total. The second kappa shape index (κ2) is 6.33. The first-order valence-electron chi connectivity index (χ1n) is 7.88. The summed E-state index contributed by atoms with van der Waals surface area (Å²) >= 11 is 0. The number of carbonyl (C=O) groups is 1. The van der Waals surface area contributed by atoms with Gasteiger partial charge in [0.25, 0.3) is 0 Å². The predicted molar refractivity (Wildman–Crippen MR) is 88.5 cm³/mol. The van der Waals surface area contributed by atoms with E-state index in [0.29, 0.717) is 0 Å². The van der Waals surface area contributed by atoms with Gasteiger partial charge in [-0.15, -0.1) is 0 Å². The SMILES string of the molecule is CCCN(CCC)C(=O)C(C)(C)c1c[nH]c2ccccc12. The fraction of sp³-hybridized carbons (Fsp3) is 0.500. The fourth-order valence-corrected chi connectivity index (χ4v) is 2.95. The van der Waals surface area contributed by atoms with Crippen LogP contribution in [0.5, 0.6) is 0 Å². The monoisotopic (exact) mass is 286 g/mol. The number of nitrogens with zero attached hydrogens (tertiary/aromatic N) is 1. The highest BCUT2D eigenvalue weighted by Crippen LogP contribution is 2.32. The lowest BCUT2D eigenvalue weighted by Gasteiger charge is -2.31. The zero-order chi connectivity index (χ0) is 15.5. The van der Waals surface area contributed by atoms with Crippen LogP contribution in [0.4, 0.5) is 0 Å². The summed E-state index contributed by atoms with van der Waals surface area (Å²) < 4.78 is 0. The number of benzene rings is 1. The molecule has 0 saturated heterocycles. The fourth-order valence-electron chi connectivity index (χ4n) is 2.95. The molecule has 0 bridgehead atoms. The number of fused-ring (bicyclic) bond motifs is 1. The molecule has 2 aromatic rings. The summed E-state index contributed by atoms with van der Waals surface area (Å²) in [5.74, 6) is 0.218. The van der Waals surface area contributed by atoms with E-state index in [9.17, 15) is 4.79 Å². The Bertz CT molecular complexity index is 606. The molecule has 0 aliphatic carbocycles. The zero-order valence-electron chi connectivity index (χ0n) is 13.6. The normalized spacial score (nSPS) is 11.8. The largest absolute Gasteiger partial charge is 0.361 e. The molecule has 0 radical (unpaired) electrons. The Morgan fingerprint density at radius 2 is 1.76 bits per heavy atom. The van der Waals surface area contributed by atoms with Crippen molar-refractivity contribution in [3.05, 3.63) is 36.0 Å². The molecule has 1 amide bonds. The van der Waals surface area contributed by atoms with Crippen LogP contribution in [0.3, 0.4) is 0 Å². The van der Waals surface area contributed by atoms with Crippen molar-refractivity contribution in [3.8, 4) is 0 Å². The summed E-state index contributed by atoms with van der Waals surface area (Å²) in [6.07, 6.45) is 3.98. The number of aromatic amines is 1. The number of para-hydroxylation sites is 1. The lowest BCUT2D eigenvalue weighted by molar-refractivity contribution is -0.136. The smallest absolute Gasteiger partial charge is 0.232 e. The maximum atomic E-state index is 13.0. The minimum absolute atomic E-state index is 0.218. The topological polar surface area (TPSA) is 36.1 Å². The van der Waals surface area contributed by atoms with E-state index in [1.165, 1.54) is 0 Å². The third kappa shape index (κ3) is 2.97. The highest BCUT2D eigenvalue weighted by atomic mass is 16.2. The van der Waals surface area contributed by atoms with Gasteiger partial charge in [0, 0.05) is 30.2 Å². The van der Waals surface area contributed by atoms with Crippen LogP contribution >= 0.6 is 0 Å². The van der Waals surface area contributed by atoms with Crippen molar-refractivity contribution in [1.29, 1.82) is 0 Å². The molecular formula is C18H26N2O. The van der Waals surface area contributed by atoms with E-state index in [-0.39, 0.29) is 5.91 Å². The van der Waals surface area contributed by atoms with E-state index in [1.54, 1.807) is 0 Å². The first-order valence-corrected chi connectivity index (χ1v) is 7.88. The zero-order valence-corrected chi connectivity index (χ0v) is 13.6. The maximum absolute atomic E-state index is 13.0. The number of carbonyl (C=O) groups excluding carboxylic acids is 1. The van der Waals surface area contributed by atoms with Crippen LogP contribution in [-0.4, -0.2) is 28.9 Å². The average Bonchev–Trinajstić information content (AvgIpc) is 2.91. The minimum Gasteiger partial charge on any atom is -0.361 e. The van der Waals surface area contributed by atoms with Gasteiger partial charge in [-0.2, -0.15) is 0 Å². The van der Waals surface area contributed by atoms with Crippen molar-refractivity contribution in [2.24, 2.45) is 0 Å². The van der Waals surface area contributed by atoms with Crippen molar-refractivity contribution >= 4 is 16.8 Å². The molecule has 0 aliphatic rings. The number of amides is 1. The second-order valence-electron chi connectivity index (χ2n) is 6.17. The molecule has 2 rings (SSSR count). The quantitative estimate of drug-likeness (QED) is 0.853. The average molecular weight is 286 g/mol. The molecule has 21 heavy (non-hydrogen) atoms. The second-order valence-corrected chi connectivity index (χ2v) is 6.17. The summed E-state index contributed by atoms with van der Waals surface area (Å²) in [6, 6.07) is 8.17. The molecular weight excluding hydrogens is 260 g/mol. The number of hydrogen-bond donors (Lipinski definition) is 1. The standard InChI is InChI=1S/C18H26N2O/c1-5-11-20(12-6-2)17(21)18(3,4)15-13-19-16-10-8-7-9-14(15)16/h7-10,13,19H,5-6,11-12H2,1-4H3. The molecule has 0 fully saturated rings. The Morgan fingerprint density at radius 1 is 1.14 bits per heavy atom. The van der Waals surface area contributed by atoms with Crippen LogP contribution < -0.4 is 0 Å². The van der Waals surface area contributed by atoms with Gasteiger partial charge in [0.1, 0.15) is 0 Å². The van der Waals surface area contributed by atoms with Gasteiger partial charge < -0.3 is 9.88 Å². The van der Waals surface area contributed by atoms with E-state index >= 15 is 0 Å². The van der Waals surface area contributed by atoms with Gasteiger partial charge >= 0.3 is 0 Å². The van der Waals surface area contributed by atoms with E-state index < -0.39 is 5.41 Å². The first-order chi connectivity index (χ1) is 10.0. The summed E-state index contributed by atoms with van der Waals surface area (Å²) in [6.45, 7) is 9.96. The van der Waals surface area contributed by atoms with Crippen molar-refractivity contribution in [2.75, 3.05) is 13.1 Å². The van der Waals surface area contributed by atoms with Crippen LogP contribution in [0.25, 0.3) is 10.9 Å². The third-order valence-electron chi connectivity index (χ3n) is 4.07. The van der Waals surface area contributed by atoms with Crippen LogP contribution in [0.1, 0.15) is 46.1 Å². The molecule has 3 heteroatoms. The molecule has 114 valence electrons. The molecule has 1 heterocycles. The molecule has 0 aliphatic heterocycles. The minimum atomic E-state index is -0.510. The number of hydrogen-bond acceptors (Lipinski definition) is 1. The van der Waals surface area contributed by atoms with Crippen LogP contribution in [-0.2, 0) is 10.2 Å². The number of H-pyrrole nitrogens is 1. The van der Waals surface area contributed by atoms with Crippen molar-refractivity contribution in [1.82, 2.24) is 9.88 Å². The van der Waals surface area contributed by atoms with Gasteiger partial charge in [-0.1, -0.05) is 32.0 Å². The lowest BCUT2D eigenvalue weighted by atomic mass is 9.83. The van der Waals surface area contributed by atoms with Gasteiger partial charge in [-0.3, -0.25) is 4.79 Å². The Balaban J connectivity index is 2.37. The third-order valence-corrected chi connectivity index (χ3v) is 4.07. The van der Waals surface area contributed by atoms with Gasteiger partial charge in [-0.05, 0) is 38.3 Å². The summed E-state index contributed by atoms with van der Waals surface area (Å²) in [5, 5.41) is 1.14. The van der Waals surface area contributed by atoms with Crippen molar-refractivity contribution in [3.63, 3.8) is 0 Å². The van der Waals surface area contributed by atoms with Gasteiger partial charge in [0.05, 0.1) is 5.41 Å². The Kier molecular flexibility index (Phi) is 4.71. The Morgan fingerprint density at radius 3 is 2.38 bits per heavy atom. The van der Waals surface area contributed by atoms with Gasteiger partial charge in [0.2, 0.25) is 5.91 Å². The molecule has 0 saturated carbocycles. The van der Waals surface area contributed by atoms with Crippen molar-refractivity contribution < 1.29 is 4.79 Å². The molecule has 1 aromatic carbocycles. The molecule has 0 spiro atoms. The molecule has 0 atom stereocenters. The maximum Gasteiger partial charge on any atom is 0.232 e. The van der Waals surface area contributed by atoms with Gasteiger partial charge in [0.15, 0.2) is 0 Å². The number of rotatable bonds is 6. The van der Waals surface area contributed by atoms with E-state index in [2.05, 4.69) is 31.0 Å². The lowest BCUT2D eigenvalue weighted by Crippen LogP contribution is -2.44. The Hall–Kier alpha value is -1.77. The summed E-state index contributed by atoms with van der Waals surface area (Å²) in [5.41, 5.74) is 1.66.